The third-order valence-electron chi connectivity index (χ3n) is 2.99. The molecule has 1 aliphatic carbocycles. The normalized spacial score (nSPS) is 14.8. The van der Waals surface area contributed by atoms with Crippen LogP contribution < -0.4 is 5.32 Å². The van der Waals surface area contributed by atoms with E-state index >= 15 is 0 Å². The second-order valence-electron chi connectivity index (χ2n) is 4.58. The molecule has 17 heavy (non-hydrogen) atoms. The van der Waals surface area contributed by atoms with E-state index in [1.165, 1.54) is 31.7 Å². The molecule has 0 bridgehead atoms. The highest BCUT2D eigenvalue weighted by molar-refractivity contribution is 5.85. The summed E-state index contributed by atoms with van der Waals surface area (Å²) in [5.74, 6) is 0.00541. The van der Waals surface area contributed by atoms with Crippen molar-refractivity contribution in [3.63, 3.8) is 0 Å². The lowest BCUT2D eigenvalue weighted by atomic mass is 10.2. The molecule has 0 spiro atoms. The Bertz CT molecular complexity index is 389. The fourth-order valence-corrected chi connectivity index (χ4v) is 1.84. The molecule has 1 aromatic heterocycles. The van der Waals surface area contributed by atoms with Gasteiger partial charge in [-0.05, 0) is 37.4 Å². The summed E-state index contributed by atoms with van der Waals surface area (Å²) in [5, 5.41) is 12.1. The number of rotatable bonds is 7. The zero-order valence-electron chi connectivity index (χ0n) is 9.85. The van der Waals surface area contributed by atoms with E-state index in [0.29, 0.717) is 6.54 Å². The molecule has 1 saturated carbocycles. The molecular formula is C13H18N2O2. The first-order chi connectivity index (χ1) is 8.25. The van der Waals surface area contributed by atoms with Crippen LogP contribution in [-0.4, -0.2) is 22.6 Å². The maximum atomic E-state index is 10.7. The molecule has 1 heterocycles. The van der Waals surface area contributed by atoms with E-state index in [0.717, 1.165) is 18.2 Å². The minimum Gasteiger partial charge on any atom is -0.477 e. The van der Waals surface area contributed by atoms with Gasteiger partial charge < -0.3 is 10.4 Å². The van der Waals surface area contributed by atoms with Crippen LogP contribution in [0, 0.1) is 5.92 Å². The van der Waals surface area contributed by atoms with E-state index in [4.69, 9.17) is 5.11 Å². The summed E-state index contributed by atoms with van der Waals surface area (Å²) in [4.78, 5) is 14.8. The molecule has 1 fully saturated rings. The van der Waals surface area contributed by atoms with Gasteiger partial charge in [0.15, 0.2) is 0 Å². The lowest BCUT2D eigenvalue weighted by Crippen LogP contribution is -2.16. The number of pyridine rings is 1. The Hall–Kier alpha value is -1.42. The molecule has 2 N–H and O–H groups in total. The van der Waals surface area contributed by atoms with Gasteiger partial charge in [0.25, 0.3) is 0 Å². The highest BCUT2D eigenvalue weighted by Gasteiger charge is 2.19. The summed E-state index contributed by atoms with van der Waals surface area (Å²) in [5.41, 5.74) is 0.901. The summed E-state index contributed by atoms with van der Waals surface area (Å²) < 4.78 is 0. The van der Waals surface area contributed by atoms with Crippen molar-refractivity contribution in [3.05, 3.63) is 29.6 Å². The Labute approximate surface area is 101 Å². The van der Waals surface area contributed by atoms with Crippen LogP contribution >= 0.6 is 0 Å². The van der Waals surface area contributed by atoms with Crippen LogP contribution in [0.1, 0.15) is 41.9 Å². The zero-order valence-corrected chi connectivity index (χ0v) is 9.85. The van der Waals surface area contributed by atoms with Crippen molar-refractivity contribution in [2.45, 2.75) is 32.2 Å². The Morgan fingerprint density at radius 2 is 2.29 bits per heavy atom. The number of aromatic carboxylic acids is 1. The van der Waals surface area contributed by atoms with Crippen LogP contribution in [0.4, 0.5) is 0 Å². The van der Waals surface area contributed by atoms with E-state index in [2.05, 4.69) is 10.3 Å². The number of aromatic nitrogens is 1. The fraction of sp³-hybridized carbons (Fsp3) is 0.538. The summed E-state index contributed by atoms with van der Waals surface area (Å²) in [6.45, 7) is 1.63. The van der Waals surface area contributed by atoms with Gasteiger partial charge in [-0.25, -0.2) is 9.78 Å². The van der Waals surface area contributed by atoms with E-state index in [9.17, 15) is 4.79 Å². The first-order valence-corrected chi connectivity index (χ1v) is 6.15. The SMILES string of the molecule is O=C(O)c1cccc(CNCCCC2CC2)n1. The smallest absolute Gasteiger partial charge is 0.354 e. The van der Waals surface area contributed by atoms with Crippen molar-refractivity contribution >= 4 is 5.97 Å². The lowest BCUT2D eigenvalue weighted by molar-refractivity contribution is 0.0690. The average molecular weight is 234 g/mol. The number of nitrogens with one attached hydrogen (secondary N) is 1. The van der Waals surface area contributed by atoms with Crippen LogP contribution in [0.25, 0.3) is 0 Å². The third kappa shape index (κ3) is 4.15. The first kappa shape index (κ1) is 12.0. The summed E-state index contributed by atoms with van der Waals surface area (Å²) in [7, 11) is 0. The molecule has 0 aromatic carbocycles. The third-order valence-corrected chi connectivity index (χ3v) is 2.99. The van der Waals surface area contributed by atoms with E-state index < -0.39 is 5.97 Å². The number of nitrogens with zero attached hydrogens (tertiary/aromatic N) is 1. The molecule has 4 heteroatoms. The minimum atomic E-state index is -0.972. The van der Waals surface area contributed by atoms with E-state index in [1.807, 2.05) is 6.07 Å². The van der Waals surface area contributed by atoms with Crippen LogP contribution in [-0.2, 0) is 6.54 Å². The topological polar surface area (TPSA) is 62.2 Å². The van der Waals surface area contributed by atoms with Crippen LogP contribution in [0.3, 0.4) is 0 Å². The van der Waals surface area contributed by atoms with Crippen molar-refractivity contribution in [2.24, 2.45) is 5.92 Å². The maximum absolute atomic E-state index is 10.7. The number of carboxylic acid groups (broad SMARTS) is 1. The van der Waals surface area contributed by atoms with Crippen molar-refractivity contribution in [1.82, 2.24) is 10.3 Å². The summed E-state index contributed by atoms with van der Waals surface area (Å²) >= 11 is 0. The molecule has 0 aliphatic heterocycles. The molecule has 0 saturated heterocycles. The number of carbonyl (C=O) groups is 1. The summed E-state index contributed by atoms with van der Waals surface area (Å²) in [6.07, 6.45) is 5.32. The van der Waals surface area contributed by atoms with Crippen LogP contribution in [0.2, 0.25) is 0 Å². The predicted octanol–water partition coefficient (Wildman–Crippen LogP) is 2.06. The molecule has 92 valence electrons. The predicted molar refractivity (Wildman–Crippen MR) is 64.9 cm³/mol. The molecule has 2 rings (SSSR count). The summed E-state index contributed by atoms with van der Waals surface area (Å²) in [6, 6.07) is 5.09. The largest absolute Gasteiger partial charge is 0.477 e. The maximum Gasteiger partial charge on any atom is 0.354 e. The van der Waals surface area contributed by atoms with Gasteiger partial charge in [0.05, 0.1) is 5.69 Å². The van der Waals surface area contributed by atoms with Gasteiger partial charge in [-0.3, -0.25) is 0 Å². The number of hydrogen-bond donors (Lipinski definition) is 2. The zero-order chi connectivity index (χ0) is 12.1. The quantitative estimate of drug-likeness (QED) is 0.709. The number of carboxylic acids is 1. The van der Waals surface area contributed by atoms with Gasteiger partial charge in [0.2, 0.25) is 0 Å². The van der Waals surface area contributed by atoms with Crippen LogP contribution in [0.5, 0.6) is 0 Å². The van der Waals surface area contributed by atoms with Gasteiger partial charge in [-0.15, -0.1) is 0 Å². The van der Waals surface area contributed by atoms with E-state index in [1.54, 1.807) is 6.07 Å². The lowest BCUT2D eigenvalue weighted by Gasteiger charge is -2.04. The molecule has 1 aromatic rings. The molecule has 1 aliphatic rings. The molecule has 0 radical (unpaired) electrons. The Kier molecular flexibility index (Phi) is 4.09. The Morgan fingerprint density at radius 3 is 3.00 bits per heavy atom. The highest BCUT2D eigenvalue weighted by atomic mass is 16.4. The highest BCUT2D eigenvalue weighted by Crippen LogP contribution is 2.33. The van der Waals surface area contributed by atoms with Gasteiger partial charge >= 0.3 is 5.97 Å². The Balaban J connectivity index is 1.70. The standard InChI is InChI=1S/C13H18N2O2/c16-13(17)12-5-1-4-11(15-12)9-14-8-2-3-10-6-7-10/h1,4-5,10,14H,2-3,6-9H2,(H,16,17). The second-order valence-corrected chi connectivity index (χ2v) is 4.58. The van der Waals surface area contributed by atoms with Gasteiger partial charge in [0.1, 0.15) is 5.69 Å². The van der Waals surface area contributed by atoms with Gasteiger partial charge in [-0.2, -0.15) is 0 Å². The van der Waals surface area contributed by atoms with Gasteiger partial charge in [0, 0.05) is 6.54 Å². The number of hydrogen-bond acceptors (Lipinski definition) is 3. The molecule has 4 nitrogen and oxygen atoms in total. The fourth-order valence-electron chi connectivity index (χ4n) is 1.84. The molecule has 0 amide bonds. The van der Waals surface area contributed by atoms with Crippen molar-refractivity contribution < 1.29 is 9.90 Å². The van der Waals surface area contributed by atoms with Crippen LogP contribution in [0.15, 0.2) is 18.2 Å². The van der Waals surface area contributed by atoms with E-state index in [-0.39, 0.29) is 5.69 Å². The minimum absolute atomic E-state index is 0.113. The first-order valence-electron chi connectivity index (χ1n) is 6.15. The molecular weight excluding hydrogens is 216 g/mol. The van der Waals surface area contributed by atoms with Gasteiger partial charge in [-0.1, -0.05) is 18.9 Å². The van der Waals surface area contributed by atoms with Crippen molar-refractivity contribution in [1.29, 1.82) is 0 Å². The molecule has 0 unspecified atom stereocenters. The van der Waals surface area contributed by atoms with Crippen molar-refractivity contribution in [2.75, 3.05) is 6.54 Å². The monoisotopic (exact) mass is 234 g/mol. The second kappa shape index (κ2) is 5.77. The molecule has 0 atom stereocenters. The Morgan fingerprint density at radius 1 is 1.47 bits per heavy atom. The van der Waals surface area contributed by atoms with Crippen molar-refractivity contribution in [3.8, 4) is 0 Å². The average Bonchev–Trinajstić information content (AvgIpc) is 3.13.